The fourth-order valence-corrected chi connectivity index (χ4v) is 18.2. The van der Waals surface area contributed by atoms with Gasteiger partial charge in [-0.1, -0.05) is 83.4 Å². The number of amides is 12. The molecule has 12 amide bonds. The van der Waals surface area contributed by atoms with Crippen LogP contribution < -0.4 is 70.2 Å². The molecule has 2 saturated heterocycles. The molecule has 0 unspecified atom stereocenters. The van der Waals surface area contributed by atoms with Crippen molar-refractivity contribution in [3.05, 3.63) is 95.7 Å². The van der Waals surface area contributed by atoms with E-state index < -0.39 is 144 Å². The molecule has 3 saturated carbocycles. The van der Waals surface area contributed by atoms with Crippen molar-refractivity contribution >= 4 is 99.5 Å². The number of allylic oxidation sites excluding steroid dienone is 1. The molecule has 0 bridgehead atoms. The number of nitrogens with two attached hydrogens (primary N) is 2. The average molecular weight is 1700 g/mol. The number of fused-ring (bicyclic) bond motifs is 6. The van der Waals surface area contributed by atoms with Crippen LogP contribution in [0.25, 0.3) is 10.9 Å². The van der Waals surface area contributed by atoms with Crippen molar-refractivity contribution in [2.45, 2.75) is 269 Å². The van der Waals surface area contributed by atoms with Crippen LogP contribution >= 0.6 is 0 Å². The number of Topliss-reactive ketones (excluding diaryl/α,β-unsaturated/α-hetero) is 1. The highest BCUT2D eigenvalue weighted by molar-refractivity contribution is 6.00. The standard InChI is InChI=1S/C65H94N18O15.C21H30O3/c1-7-8-9-18-53(86)97-33-49(79-57(90)47(29-38-31-71-42-15-11-10-14-41(38)42)77-58(91)48(30-39-32-69-35-72-39)78-54(87)43-23-24-52(85)73-43)59(92)76-46(28-37-19-21-40(84)22-20-37)56(89)80-50(34-98-65(4,5)6)60(93)75-45(27-36(2)3)55(88)74-44(16-12-25-70-63(66)67)62(95)83-26-13-17-51(83)61(94)81-82-64(68)96;1-13(22)21(24)11-8-18-16-5-4-14-12-15(23)6-9-19(14,2)17(16)7-10-20(18,21)3/h10-11,14-15,19-22,31-32,35-36,43-51,71,84H,7-9,12-13,16-18,23-30,33-34H2,1-6H3,(H,69,72)(H,73,85)(H,74,88)(H,75,93)(H,76,92)(H,77,91)(H,78,87)(H,79,90)(H,80,89)(H,81,94)(H4,66,67,70)(H3,68,82,96);12,16-18,24H,4-11H2,1-3H3/t43-,44-,45-,46-,47-,48-,49-,50+,51-;16-,17+,18+,19+,20+,21+/m01/s1. The van der Waals surface area contributed by atoms with Crippen LogP contribution in [0, 0.1) is 39.9 Å². The van der Waals surface area contributed by atoms with Gasteiger partial charge in [-0.15, -0.1) is 0 Å². The van der Waals surface area contributed by atoms with Gasteiger partial charge in [0.25, 0.3) is 5.91 Å². The number of urea groups is 1. The summed E-state index contributed by atoms with van der Waals surface area (Å²) >= 11 is 0. The maximum absolute atomic E-state index is 15.1. The highest BCUT2D eigenvalue weighted by Gasteiger charge is 2.65. The molecule has 2 aromatic heterocycles. The Balaban J connectivity index is 0.000000594. The monoisotopic (exact) mass is 1700 g/mol. The van der Waals surface area contributed by atoms with Gasteiger partial charge in [-0.3, -0.25) is 73.2 Å². The number of nitrogens with zero attached hydrogens (tertiary/aromatic N) is 2. The average Bonchev–Trinajstić information content (AvgIpc) is 1.51. The third kappa shape index (κ3) is 25.0. The van der Waals surface area contributed by atoms with Gasteiger partial charge in [-0.25, -0.2) is 15.2 Å². The number of hydrogen-bond acceptors (Lipinski definition) is 20. The molecule has 666 valence electrons. The summed E-state index contributed by atoms with van der Waals surface area (Å²) in [6.45, 7) is 15.6. The van der Waals surface area contributed by atoms with E-state index in [0.717, 1.165) is 44.9 Å². The molecule has 10 rings (SSSR count). The number of H-pyrrole nitrogens is 2. The number of benzene rings is 2. The first-order valence-electron chi connectivity index (χ1n) is 42.5. The largest absolute Gasteiger partial charge is 0.508 e. The number of likely N-dealkylation sites (tertiary alicyclic amines) is 1. The van der Waals surface area contributed by atoms with Gasteiger partial charge in [-0.05, 0) is 182 Å². The van der Waals surface area contributed by atoms with Crippen LogP contribution in [0.1, 0.15) is 201 Å². The molecule has 4 aromatic rings. The number of esters is 1. The lowest BCUT2D eigenvalue weighted by atomic mass is 9.46. The number of phenolic OH excluding ortho intramolecular Hbond substituents is 1. The van der Waals surface area contributed by atoms with Crippen LogP contribution in [0.2, 0.25) is 0 Å². The lowest BCUT2D eigenvalue weighted by Crippen LogP contribution is -2.62. The van der Waals surface area contributed by atoms with E-state index in [9.17, 15) is 63.0 Å². The van der Waals surface area contributed by atoms with Crippen molar-refractivity contribution < 1.29 is 86.8 Å². The second-order valence-electron chi connectivity index (χ2n) is 35.0. The molecule has 6 aliphatic rings. The lowest BCUT2D eigenvalue weighted by Gasteiger charge is -2.58. The zero-order valence-corrected chi connectivity index (χ0v) is 71.3. The number of carbonyl (C=O) groups excluding carboxylic acids is 14. The number of carbonyl (C=O) groups is 14. The number of hydrogen-bond donors (Lipinski definition) is 18. The number of para-hydroxylation sites is 1. The molecule has 15 atom stereocenters. The van der Waals surface area contributed by atoms with Gasteiger partial charge in [0.2, 0.25) is 53.2 Å². The molecule has 0 spiro atoms. The van der Waals surface area contributed by atoms with Crippen LogP contribution in [-0.4, -0.2) is 211 Å². The Bertz CT molecular complexity index is 4470. The number of guanidine groups is 1. The molecular formula is C86H124N18O18. The van der Waals surface area contributed by atoms with Gasteiger partial charge in [-0.2, -0.15) is 0 Å². The lowest BCUT2D eigenvalue weighted by molar-refractivity contribution is -0.160. The van der Waals surface area contributed by atoms with E-state index >= 15 is 14.4 Å². The minimum atomic E-state index is -1.80. The first-order chi connectivity index (χ1) is 57.8. The number of ether oxygens (including phenoxy) is 2. The van der Waals surface area contributed by atoms with E-state index in [1.165, 1.54) is 47.3 Å². The zero-order valence-electron chi connectivity index (χ0n) is 71.3. The molecule has 20 N–H and O–H groups in total. The fraction of sp³-hybridized carbons (Fsp3) is 0.605. The summed E-state index contributed by atoms with van der Waals surface area (Å²) in [6, 6.07) is -0.911. The summed E-state index contributed by atoms with van der Waals surface area (Å²) in [6.07, 6.45) is 16.0. The maximum Gasteiger partial charge on any atom is 0.330 e. The topological polar surface area (TPSA) is 554 Å². The van der Waals surface area contributed by atoms with Crippen molar-refractivity contribution in [1.82, 2.24) is 78.6 Å². The Hall–Kier alpha value is -11.3. The fourth-order valence-electron chi connectivity index (χ4n) is 18.2. The summed E-state index contributed by atoms with van der Waals surface area (Å²) in [5.74, 6) is -7.63. The normalized spacial score (nSPS) is 23.2. The van der Waals surface area contributed by atoms with Crippen LogP contribution in [-0.2, 0) is 91.1 Å². The van der Waals surface area contributed by atoms with Gasteiger partial charge >= 0.3 is 12.0 Å². The van der Waals surface area contributed by atoms with Crippen molar-refractivity contribution in [2.24, 2.45) is 46.0 Å². The first kappa shape index (κ1) is 94.5. The smallest absolute Gasteiger partial charge is 0.330 e. The highest BCUT2D eigenvalue weighted by Crippen LogP contribution is 2.67. The molecule has 0 radical (unpaired) electrons. The molecule has 4 heterocycles. The van der Waals surface area contributed by atoms with Gasteiger partial charge < -0.3 is 93.9 Å². The van der Waals surface area contributed by atoms with Crippen LogP contribution in [0.3, 0.4) is 0 Å². The molecule has 2 aromatic carbocycles. The minimum absolute atomic E-state index is 0.00956. The minimum Gasteiger partial charge on any atom is -0.508 e. The quantitative estimate of drug-likeness (QED) is 0.0101. The van der Waals surface area contributed by atoms with E-state index in [4.69, 9.17) is 26.4 Å². The number of aromatic nitrogens is 3. The van der Waals surface area contributed by atoms with Crippen LogP contribution in [0.5, 0.6) is 5.75 Å². The Kier molecular flexibility index (Phi) is 32.9. The predicted molar refractivity (Wildman–Crippen MR) is 448 cm³/mol. The SMILES string of the molecule is CC(=O)[C@@]1(O)CC[C@H]2[C@@H]3CCC4=CC(=O)CC[C@]4(C)[C@H]3CC[C@@]21C.CCCCCC(=O)OC[C@H](NC(=O)[C@H](Cc1c[nH]c2ccccc12)NC(=O)[C@H](Cc1c[nH]cn1)NC(=O)[C@@H]1CCC(=O)N1)C(=O)N[C@@H](Cc1ccc(O)cc1)C(=O)N[C@H](COC(C)(C)C)C(=O)N[C@@H](CC(C)C)C(=O)N[C@@H](CCCNC(=N)N)C(=O)N1CCC[C@H]1C(=O)NNC(N)=O. The molecule has 36 heteroatoms. The third-order valence-electron chi connectivity index (χ3n) is 24.8. The Morgan fingerprint density at radius 3 is 1.95 bits per heavy atom. The summed E-state index contributed by atoms with van der Waals surface area (Å²) in [5, 5.41) is 53.8. The number of ketones is 2. The number of primary amides is 1. The number of hydrazine groups is 1. The summed E-state index contributed by atoms with van der Waals surface area (Å²) in [4.78, 5) is 203. The summed E-state index contributed by atoms with van der Waals surface area (Å²) in [7, 11) is 0. The first-order valence-corrected chi connectivity index (χ1v) is 42.5. The third-order valence-corrected chi connectivity index (χ3v) is 24.8. The number of aromatic amines is 2. The van der Waals surface area contributed by atoms with E-state index in [-0.39, 0.29) is 117 Å². The maximum atomic E-state index is 15.1. The van der Waals surface area contributed by atoms with Crippen molar-refractivity contribution in [3.63, 3.8) is 0 Å². The van der Waals surface area contributed by atoms with E-state index in [0.29, 0.717) is 83.4 Å². The van der Waals surface area contributed by atoms with E-state index in [1.54, 1.807) is 72.0 Å². The Morgan fingerprint density at radius 1 is 0.689 bits per heavy atom. The molecular weight excluding hydrogens is 1570 g/mol. The molecule has 5 fully saturated rings. The molecule has 2 aliphatic heterocycles. The molecule has 4 aliphatic carbocycles. The molecule has 36 nitrogen and oxygen atoms in total. The van der Waals surface area contributed by atoms with Crippen molar-refractivity contribution in [3.8, 4) is 5.75 Å². The van der Waals surface area contributed by atoms with Gasteiger partial charge in [0, 0.05) is 80.3 Å². The molecule has 122 heavy (non-hydrogen) atoms. The number of aromatic hydroxyl groups is 1. The second-order valence-corrected chi connectivity index (χ2v) is 35.0. The highest BCUT2D eigenvalue weighted by atomic mass is 16.5. The Morgan fingerprint density at radius 2 is 1.32 bits per heavy atom. The number of unbranched alkanes of at least 4 members (excludes halogenated alkanes) is 2. The summed E-state index contributed by atoms with van der Waals surface area (Å²) in [5.41, 5.74) is 16.0. The number of imidazole rings is 1. The van der Waals surface area contributed by atoms with E-state index in [1.807, 2.05) is 18.4 Å². The number of aliphatic hydroxyl groups is 1. The predicted octanol–water partition coefficient (Wildman–Crippen LogP) is 3.07. The van der Waals surface area contributed by atoms with Crippen molar-refractivity contribution in [1.29, 1.82) is 5.41 Å². The Labute approximate surface area is 710 Å². The van der Waals surface area contributed by atoms with Gasteiger partial charge in [0.05, 0.1) is 24.2 Å². The van der Waals surface area contributed by atoms with Gasteiger partial charge in [0.15, 0.2) is 17.5 Å². The van der Waals surface area contributed by atoms with Crippen LogP contribution in [0.4, 0.5) is 4.79 Å². The zero-order chi connectivity index (χ0) is 89.0. The number of nitrogens with one attached hydrogen (secondary N) is 14. The number of rotatable bonds is 37. The second kappa shape index (κ2) is 42.5. The van der Waals surface area contributed by atoms with Crippen molar-refractivity contribution in [2.75, 3.05) is 26.3 Å². The van der Waals surface area contributed by atoms with E-state index in [2.05, 4.69) is 82.1 Å². The summed E-state index contributed by atoms with van der Waals surface area (Å²) < 4.78 is 11.7. The van der Waals surface area contributed by atoms with Crippen LogP contribution in [0.15, 0.2) is 78.9 Å². The van der Waals surface area contributed by atoms with Gasteiger partial charge in [0.1, 0.15) is 72.3 Å². The number of phenols is 1.